The zero-order chi connectivity index (χ0) is 19.4. The lowest BCUT2D eigenvalue weighted by Crippen LogP contribution is -2.59. The number of ether oxygens (including phenoxy) is 1. The van der Waals surface area contributed by atoms with E-state index in [-0.39, 0.29) is 33.4 Å². The molecule has 0 aromatic heterocycles. The highest BCUT2D eigenvalue weighted by molar-refractivity contribution is 6.64. The fourth-order valence-corrected chi connectivity index (χ4v) is 8.82. The molecule has 3 nitrogen and oxygen atoms in total. The fraction of sp³-hybridized carbons (Fsp3) is 0.913. The Morgan fingerprint density at radius 3 is 2.37 bits per heavy atom. The maximum absolute atomic E-state index is 12.9. The minimum Gasteiger partial charge on any atom is -0.469 e. The molecule has 152 valence electrons. The van der Waals surface area contributed by atoms with Gasteiger partial charge in [-0.3, -0.25) is 9.59 Å². The number of fused-ring (bicyclic) bond motifs is 5. The lowest BCUT2D eigenvalue weighted by atomic mass is 9.38. The summed E-state index contributed by atoms with van der Waals surface area (Å²) in [5.74, 6) is 1.89. The van der Waals surface area contributed by atoms with Gasteiger partial charge in [0, 0.05) is 5.92 Å². The van der Waals surface area contributed by atoms with Gasteiger partial charge in [-0.1, -0.05) is 20.3 Å². The van der Waals surface area contributed by atoms with Crippen LogP contribution in [0, 0.1) is 39.9 Å². The number of rotatable bonds is 3. The highest BCUT2D eigenvalue weighted by atomic mass is 35.5. The molecule has 4 saturated carbocycles. The predicted molar refractivity (Wildman–Crippen MR) is 106 cm³/mol. The van der Waals surface area contributed by atoms with E-state index < -0.39 is 0 Å². The monoisotopic (exact) mass is 394 g/mol. The molecular formula is C23H35ClO3. The summed E-state index contributed by atoms with van der Waals surface area (Å²) in [6.07, 6.45) is 12.0. The molecule has 4 bridgehead atoms. The van der Waals surface area contributed by atoms with Gasteiger partial charge in [0.15, 0.2) is 0 Å². The molecule has 0 saturated heterocycles. The first-order valence-corrected chi connectivity index (χ1v) is 11.4. The van der Waals surface area contributed by atoms with Crippen LogP contribution in [0.2, 0.25) is 0 Å². The van der Waals surface area contributed by atoms with E-state index in [4.69, 9.17) is 16.3 Å². The van der Waals surface area contributed by atoms with Crippen molar-refractivity contribution in [3.8, 4) is 0 Å². The van der Waals surface area contributed by atoms with Crippen LogP contribution in [0.15, 0.2) is 0 Å². The van der Waals surface area contributed by atoms with E-state index in [9.17, 15) is 9.59 Å². The van der Waals surface area contributed by atoms with E-state index in [0.29, 0.717) is 17.8 Å². The zero-order valence-electron chi connectivity index (χ0n) is 17.2. The SMILES string of the molecule is COC(=O)C12CCCC(C34CC(C)CC(CC(C(=O)Cl)C3)C4)(CC(C)C1)C2. The molecular weight excluding hydrogens is 360 g/mol. The molecule has 7 unspecified atom stereocenters. The molecule has 0 aromatic carbocycles. The molecule has 4 heteroatoms. The standard InChI is InChI=1S/C23H35ClO3/c1-15-7-17-8-18(19(24)25)13-23(10-15,12-17)22-6-4-5-21(14-22,20(26)27-3)9-16(2)11-22/h15-18H,4-14H2,1-3H3. The predicted octanol–water partition coefficient (Wildman–Crippen LogP) is 5.73. The molecule has 4 rings (SSSR count). The summed E-state index contributed by atoms with van der Waals surface area (Å²) in [4.78, 5) is 25.1. The van der Waals surface area contributed by atoms with Crippen molar-refractivity contribution in [3.05, 3.63) is 0 Å². The first kappa shape index (κ1) is 19.7. The maximum Gasteiger partial charge on any atom is 0.311 e. The third-order valence-electron chi connectivity index (χ3n) is 8.94. The van der Waals surface area contributed by atoms with Gasteiger partial charge < -0.3 is 4.74 Å². The summed E-state index contributed by atoms with van der Waals surface area (Å²) in [5.41, 5.74) is 0.0553. The van der Waals surface area contributed by atoms with Crippen molar-refractivity contribution in [1.82, 2.24) is 0 Å². The van der Waals surface area contributed by atoms with Crippen LogP contribution in [0.5, 0.6) is 0 Å². The molecule has 7 atom stereocenters. The normalized spacial score (nSPS) is 49.3. The Morgan fingerprint density at radius 1 is 0.926 bits per heavy atom. The van der Waals surface area contributed by atoms with Gasteiger partial charge in [-0.15, -0.1) is 0 Å². The first-order chi connectivity index (χ1) is 12.7. The average molecular weight is 395 g/mol. The zero-order valence-corrected chi connectivity index (χ0v) is 17.9. The minimum atomic E-state index is -0.298. The smallest absolute Gasteiger partial charge is 0.311 e. The summed E-state index contributed by atoms with van der Waals surface area (Å²) in [7, 11) is 1.55. The molecule has 4 fully saturated rings. The van der Waals surface area contributed by atoms with Crippen LogP contribution in [-0.4, -0.2) is 18.3 Å². The van der Waals surface area contributed by atoms with Gasteiger partial charge in [-0.05, 0) is 104 Å². The first-order valence-electron chi connectivity index (χ1n) is 11.0. The van der Waals surface area contributed by atoms with E-state index in [1.54, 1.807) is 7.11 Å². The molecule has 4 aliphatic carbocycles. The molecule has 0 aliphatic heterocycles. The number of hydrogen-bond acceptors (Lipinski definition) is 3. The van der Waals surface area contributed by atoms with E-state index in [1.165, 1.54) is 32.1 Å². The molecule has 0 amide bonds. The Balaban J connectivity index is 1.76. The minimum absolute atomic E-state index is 0.00992. The van der Waals surface area contributed by atoms with Gasteiger partial charge in [-0.2, -0.15) is 0 Å². The highest BCUT2D eigenvalue weighted by Gasteiger charge is 2.64. The number of carbonyl (C=O) groups excluding carboxylic acids is 2. The third-order valence-corrected chi connectivity index (χ3v) is 9.25. The van der Waals surface area contributed by atoms with E-state index in [1.807, 2.05) is 0 Å². The van der Waals surface area contributed by atoms with Crippen molar-refractivity contribution in [2.45, 2.75) is 84.5 Å². The Labute approximate surface area is 168 Å². The summed E-state index contributed by atoms with van der Waals surface area (Å²) < 4.78 is 5.31. The van der Waals surface area contributed by atoms with Crippen LogP contribution in [0.4, 0.5) is 0 Å². The van der Waals surface area contributed by atoms with Crippen molar-refractivity contribution in [1.29, 1.82) is 0 Å². The van der Waals surface area contributed by atoms with Gasteiger partial charge in [0.1, 0.15) is 0 Å². The molecule has 0 aromatic rings. The second-order valence-corrected chi connectivity index (χ2v) is 11.3. The van der Waals surface area contributed by atoms with Gasteiger partial charge in [0.2, 0.25) is 5.24 Å². The van der Waals surface area contributed by atoms with Crippen LogP contribution in [-0.2, 0) is 14.3 Å². The quantitative estimate of drug-likeness (QED) is 0.453. The lowest BCUT2D eigenvalue weighted by molar-refractivity contribution is -0.188. The van der Waals surface area contributed by atoms with Crippen molar-refractivity contribution in [2.24, 2.45) is 39.9 Å². The second kappa shape index (κ2) is 6.75. The molecule has 0 N–H and O–H groups in total. The topological polar surface area (TPSA) is 43.4 Å². The van der Waals surface area contributed by atoms with Crippen molar-refractivity contribution >= 4 is 22.8 Å². The van der Waals surface area contributed by atoms with Crippen LogP contribution in [0.25, 0.3) is 0 Å². The molecule has 4 aliphatic rings. The average Bonchev–Trinajstić information content (AvgIpc) is 2.59. The number of hydrogen-bond donors (Lipinski definition) is 0. The Morgan fingerprint density at radius 2 is 1.67 bits per heavy atom. The van der Waals surface area contributed by atoms with Crippen LogP contribution < -0.4 is 0 Å². The van der Waals surface area contributed by atoms with Gasteiger partial charge >= 0.3 is 5.97 Å². The molecule has 27 heavy (non-hydrogen) atoms. The molecule has 0 heterocycles. The van der Waals surface area contributed by atoms with Gasteiger partial charge in [-0.25, -0.2) is 0 Å². The fourth-order valence-electron chi connectivity index (χ4n) is 8.65. The number of carbonyl (C=O) groups is 2. The van der Waals surface area contributed by atoms with Gasteiger partial charge in [0.05, 0.1) is 12.5 Å². The number of methoxy groups -OCH3 is 1. The Hall–Kier alpha value is -0.570. The Kier molecular flexibility index (Phi) is 4.93. The maximum atomic E-state index is 12.9. The lowest BCUT2D eigenvalue weighted by Gasteiger charge is -2.66. The molecule has 0 radical (unpaired) electrons. The summed E-state index contributed by atoms with van der Waals surface area (Å²) in [6.45, 7) is 4.72. The Bertz CT molecular complexity index is 629. The van der Waals surface area contributed by atoms with Crippen molar-refractivity contribution in [2.75, 3.05) is 7.11 Å². The van der Waals surface area contributed by atoms with Crippen LogP contribution >= 0.6 is 11.6 Å². The van der Waals surface area contributed by atoms with Crippen LogP contribution in [0.3, 0.4) is 0 Å². The summed E-state index contributed by atoms with van der Waals surface area (Å²) >= 11 is 6.05. The highest BCUT2D eigenvalue weighted by Crippen LogP contribution is 2.71. The van der Waals surface area contributed by atoms with Crippen LogP contribution in [0.1, 0.15) is 84.5 Å². The summed E-state index contributed by atoms with van der Waals surface area (Å²) in [5, 5.41) is -0.131. The van der Waals surface area contributed by atoms with E-state index >= 15 is 0 Å². The molecule has 0 spiro atoms. The second-order valence-electron chi connectivity index (χ2n) is 10.9. The van der Waals surface area contributed by atoms with E-state index in [2.05, 4.69) is 13.8 Å². The van der Waals surface area contributed by atoms with Gasteiger partial charge in [0.25, 0.3) is 0 Å². The van der Waals surface area contributed by atoms with E-state index in [0.717, 1.165) is 38.5 Å². The number of esters is 1. The summed E-state index contributed by atoms with van der Waals surface area (Å²) in [6, 6.07) is 0. The van der Waals surface area contributed by atoms with Crippen molar-refractivity contribution in [3.63, 3.8) is 0 Å². The third kappa shape index (κ3) is 3.07. The number of halogens is 1. The van der Waals surface area contributed by atoms with Crippen molar-refractivity contribution < 1.29 is 14.3 Å². The largest absolute Gasteiger partial charge is 0.469 e.